The Morgan fingerprint density at radius 2 is 2.03 bits per heavy atom. The van der Waals surface area contributed by atoms with Gasteiger partial charge in [-0.3, -0.25) is 4.79 Å². The number of rotatable bonds is 4. The van der Waals surface area contributed by atoms with Crippen molar-refractivity contribution in [3.63, 3.8) is 0 Å². The van der Waals surface area contributed by atoms with Gasteiger partial charge in [-0.1, -0.05) is 34.9 Å². The van der Waals surface area contributed by atoms with Crippen LogP contribution in [0.2, 0.25) is 5.02 Å². The van der Waals surface area contributed by atoms with Crippen molar-refractivity contribution in [2.45, 2.75) is 30.3 Å². The summed E-state index contributed by atoms with van der Waals surface area (Å²) >= 11 is 6.99. The number of aromatic nitrogens is 1. The SMILES string of the molecule is C#CCn1c(=NC(=O)C2CCCN2S(=O)(=O)c2ccc(Cl)cc2)sc2cccc(F)c21. The standard InChI is InChI=1S/C21H17ClFN3O3S2/c1-2-12-25-19-16(23)5-3-7-18(19)30-21(25)24-20(27)17-6-4-13-26(17)31(28,29)15-10-8-14(22)9-11-15/h1,3,5,7-11,17H,4,6,12-13H2. The second-order valence-electron chi connectivity index (χ2n) is 6.94. The lowest BCUT2D eigenvalue weighted by molar-refractivity contribution is -0.121. The van der Waals surface area contributed by atoms with Crippen molar-refractivity contribution < 1.29 is 17.6 Å². The zero-order valence-electron chi connectivity index (χ0n) is 16.2. The fourth-order valence-electron chi connectivity index (χ4n) is 3.60. The molecule has 2 heterocycles. The van der Waals surface area contributed by atoms with Gasteiger partial charge >= 0.3 is 0 Å². The highest BCUT2D eigenvalue weighted by Gasteiger charge is 2.39. The number of sulfonamides is 1. The van der Waals surface area contributed by atoms with E-state index in [9.17, 15) is 17.6 Å². The molecule has 0 aliphatic carbocycles. The molecule has 2 aromatic carbocycles. The van der Waals surface area contributed by atoms with Crippen LogP contribution in [-0.2, 0) is 21.4 Å². The van der Waals surface area contributed by atoms with Crippen LogP contribution in [0.3, 0.4) is 0 Å². The molecule has 1 aliphatic heterocycles. The number of thiazole rings is 1. The number of fused-ring (bicyclic) bond motifs is 1. The number of hydrogen-bond donors (Lipinski definition) is 0. The van der Waals surface area contributed by atoms with Crippen molar-refractivity contribution in [1.82, 2.24) is 8.87 Å². The molecule has 0 saturated carbocycles. The lowest BCUT2D eigenvalue weighted by Gasteiger charge is -2.21. The van der Waals surface area contributed by atoms with E-state index in [2.05, 4.69) is 10.9 Å². The van der Waals surface area contributed by atoms with Crippen molar-refractivity contribution in [1.29, 1.82) is 0 Å². The van der Waals surface area contributed by atoms with E-state index in [1.54, 1.807) is 12.1 Å². The first kappa shape index (κ1) is 21.7. The van der Waals surface area contributed by atoms with Gasteiger partial charge in [-0.25, -0.2) is 12.8 Å². The second-order valence-corrected chi connectivity index (χ2v) is 10.3. The molecule has 1 aliphatic rings. The molecule has 6 nitrogen and oxygen atoms in total. The fraction of sp³-hybridized carbons (Fsp3) is 0.238. The number of carbonyl (C=O) groups is 1. The molecule has 1 aromatic heterocycles. The van der Waals surface area contributed by atoms with Gasteiger partial charge < -0.3 is 4.57 Å². The van der Waals surface area contributed by atoms with E-state index in [0.29, 0.717) is 22.6 Å². The molecule has 1 fully saturated rings. The number of hydrogen-bond acceptors (Lipinski definition) is 4. The second kappa shape index (κ2) is 8.55. The number of halogens is 2. The Balaban J connectivity index is 1.74. The summed E-state index contributed by atoms with van der Waals surface area (Å²) in [6, 6.07) is 9.44. The largest absolute Gasteiger partial charge is 0.302 e. The van der Waals surface area contributed by atoms with Gasteiger partial charge in [0.15, 0.2) is 4.80 Å². The van der Waals surface area contributed by atoms with Crippen LogP contribution in [0.1, 0.15) is 12.8 Å². The van der Waals surface area contributed by atoms with Crippen LogP contribution in [0, 0.1) is 18.2 Å². The van der Waals surface area contributed by atoms with Gasteiger partial charge in [-0.05, 0) is 49.2 Å². The van der Waals surface area contributed by atoms with Gasteiger partial charge in [0.2, 0.25) is 10.0 Å². The summed E-state index contributed by atoms with van der Waals surface area (Å²) in [4.78, 5) is 17.5. The molecule has 4 rings (SSSR count). The quantitative estimate of drug-likeness (QED) is 0.541. The maximum absolute atomic E-state index is 14.3. The Bertz CT molecular complexity index is 1370. The summed E-state index contributed by atoms with van der Waals surface area (Å²) in [6.07, 6.45) is 6.31. The van der Waals surface area contributed by atoms with Gasteiger partial charge in [0, 0.05) is 11.6 Å². The van der Waals surface area contributed by atoms with E-state index in [1.165, 1.54) is 39.2 Å². The smallest absolute Gasteiger partial charge is 0.266 e. The molecule has 3 aromatic rings. The van der Waals surface area contributed by atoms with Crippen molar-refractivity contribution >= 4 is 49.1 Å². The average molecular weight is 478 g/mol. The molecule has 1 saturated heterocycles. The summed E-state index contributed by atoms with van der Waals surface area (Å²) < 4.78 is 43.7. The molecule has 1 atom stereocenters. The summed E-state index contributed by atoms with van der Waals surface area (Å²) in [5.41, 5.74) is 0.272. The topological polar surface area (TPSA) is 71.7 Å². The zero-order valence-corrected chi connectivity index (χ0v) is 18.6. The predicted molar refractivity (Wildman–Crippen MR) is 118 cm³/mol. The van der Waals surface area contributed by atoms with Gasteiger partial charge in [-0.15, -0.1) is 6.42 Å². The molecule has 10 heteroatoms. The summed E-state index contributed by atoms with van der Waals surface area (Å²) in [5, 5.41) is 0.415. The third-order valence-corrected chi connectivity index (χ3v) is 8.23. The minimum atomic E-state index is -3.90. The van der Waals surface area contributed by atoms with Crippen LogP contribution in [0.5, 0.6) is 0 Å². The van der Waals surface area contributed by atoms with Crippen LogP contribution >= 0.6 is 22.9 Å². The van der Waals surface area contributed by atoms with Gasteiger partial charge in [-0.2, -0.15) is 9.30 Å². The number of benzene rings is 2. The first-order valence-corrected chi connectivity index (χ1v) is 12.0. The lowest BCUT2D eigenvalue weighted by Crippen LogP contribution is -2.40. The summed E-state index contributed by atoms with van der Waals surface area (Å²) in [5.74, 6) is 1.38. The van der Waals surface area contributed by atoms with Gasteiger partial charge in [0.25, 0.3) is 5.91 Å². The monoisotopic (exact) mass is 477 g/mol. The molecule has 31 heavy (non-hydrogen) atoms. The lowest BCUT2D eigenvalue weighted by atomic mass is 10.2. The molecule has 0 radical (unpaired) electrons. The van der Waals surface area contributed by atoms with Crippen LogP contribution in [0.4, 0.5) is 4.39 Å². The minimum absolute atomic E-state index is 0.0322. The van der Waals surface area contributed by atoms with Crippen molar-refractivity contribution in [2.75, 3.05) is 6.54 Å². The van der Waals surface area contributed by atoms with E-state index < -0.39 is 27.8 Å². The normalized spacial score (nSPS) is 17.8. The number of amides is 1. The van der Waals surface area contributed by atoms with Crippen molar-refractivity contribution in [2.24, 2.45) is 4.99 Å². The molecule has 160 valence electrons. The summed E-state index contributed by atoms with van der Waals surface area (Å²) in [6.45, 7) is 0.243. The van der Waals surface area contributed by atoms with E-state index in [-0.39, 0.29) is 28.3 Å². The fourth-order valence-corrected chi connectivity index (χ4v) is 6.42. The van der Waals surface area contributed by atoms with Crippen molar-refractivity contribution in [3.05, 3.63) is 58.1 Å². The van der Waals surface area contributed by atoms with Gasteiger partial charge in [0.1, 0.15) is 11.9 Å². The molecule has 0 spiro atoms. The van der Waals surface area contributed by atoms with E-state index in [4.69, 9.17) is 18.0 Å². The molecule has 1 amide bonds. The Kier molecular flexibility index (Phi) is 5.99. The van der Waals surface area contributed by atoms with E-state index in [1.807, 2.05) is 0 Å². The Hall–Kier alpha value is -2.51. The van der Waals surface area contributed by atoms with Crippen LogP contribution in [0.15, 0.2) is 52.4 Å². The first-order valence-electron chi connectivity index (χ1n) is 9.40. The third-order valence-electron chi connectivity index (χ3n) is 5.02. The minimum Gasteiger partial charge on any atom is -0.302 e. The van der Waals surface area contributed by atoms with Crippen LogP contribution in [-0.4, -0.2) is 35.8 Å². The number of nitrogens with zero attached hydrogens (tertiary/aromatic N) is 3. The maximum atomic E-state index is 14.3. The predicted octanol–water partition coefficient (Wildman–Crippen LogP) is 3.41. The maximum Gasteiger partial charge on any atom is 0.266 e. The zero-order chi connectivity index (χ0) is 22.2. The van der Waals surface area contributed by atoms with E-state index in [0.717, 1.165) is 11.3 Å². The molecule has 0 N–H and O–H groups in total. The van der Waals surface area contributed by atoms with Crippen LogP contribution < -0.4 is 4.80 Å². The number of terminal acetylenes is 1. The van der Waals surface area contributed by atoms with Crippen LogP contribution in [0.25, 0.3) is 10.2 Å². The highest BCUT2D eigenvalue weighted by molar-refractivity contribution is 7.89. The molecular weight excluding hydrogens is 461 g/mol. The average Bonchev–Trinajstić information content (AvgIpc) is 3.35. The Labute approximate surface area is 187 Å². The summed E-state index contributed by atoms with van der Waals surface area (Å²) in [7, 11) is -3.90. The van der Waals surface area contributed by atoms with Gasteiger partial charge in [0.05, 0.1) is 21.7 Å². The third kappa shape index (κ3) is 4.04. The Morgan fingerprint density at radius 1 is 1.29 bits per heavy atom. The number of para-hydroxylation sites is 1. The molecule has 0 bridgehead atoms. The van der Waals surface area contributed by atoms with Crippen molar-refractivity contribution in [3.8, 4) is 12.3 Å². The first-order chi connectivity index (χ1) is 14.8. The van der Waals surface area contributed by atoms with E-state index >= 15 is 0 Å². The molecular formula is C21H17ClFN3O3S2. The Morgan fingerprint density at radius 3 is 2.74 bits per heavy atom. The number of carbonyl (C=O) groups excluding carboxylic acids is 1. The highest BCUT2D eigenvalue weighted by Crippen LogP contribution is 2.28. The highest BCUT2D eigenvalue weighted by atomic mass is 35.5. The molecule has 1 unspecified atom stereocenters.